The van der Waals surface area contributed by atoms with E-state index < -0.39 is 11.7 Å². The lowest BCUT2D eigenvalue weighted by molar-refractivity contribution is 0.0201. The molecule has 1 aromatic rings. The van der Waals surface area contributed by atoms with Crippen molar-refractivity contribution < 1.29 is 14.6 Å². The van der Waals surface area contributed by atoms with E-state index in [4.69, 9.17) is 9.84 Å². The molecule has 1 rings (SSSR count). The number of rotatable bonds is 5. The molecule has 0 fully saturated rings. The van der Waals surface area contributed by atoms with Crippen molar-refractivity contribution in [2.45, 2.75) is 46.4 Å². The number of aryl methyl sites for hydroxylation is 1. The summed E-state index contributed by atoms with van der Waals surface area (Å²) < 4.78 is 7.10. The van der Waals surface area contributed by atoms with Crippen molar-refractivity contribution in [2.24, 2.45) is 0 Å². The van der Waals surface area contributed by atoms with E-state index in [0.29, 0.717) is 6.54 Å². The third-order valence-electron chi connectivity index (χ3n) is 2.41. The quantitative estimate of drug-likeness (QED) is 0.882. The Bertz CT molecular complexity index is 410. The van der Waals surface area contributed by atoms with Crippen LogP contribution in [-0.2, 0) is 17.8 Å². The van der Waals surface area contributed by atoms with Gasteiger partial charge in [0.05, 0.1) is 19.3 Å². The van der Waals surface area contributed by atoms with Crippen LogP contribution in [0.2, 0.25) is 0 Å². The largest absolute Gasteiger partial charge is 0.444 e. The minimum Gasteiger partial charge on any atom is -0.444 e. The van der Waals surface area contributed by atoms with E-state index in [1.807, 2.05) is 33.9 Å². The summed E-state index contributed by atoms with van der Waals surface area (Å²) in [5.74, 6) is 0. The van der Waals surface area contributed by atoms with Crippen molar-refractivity contribution in [3.63, 3.8) is 0 Å². The molecule has 0 aliphatic carbocycles. The fourth-order valence-electron chi connectivity index (χ4n) is 1.56. The monoisotopic (exact) mass is 269 g/mol. The van der Waals surface area contributed by atoms with Gasteiger partial charge < -0.3 is 14.7 Å². The van der Waals surface area contributed by atoms with E-state index in [1.165, 1.54) is 4.90 Å². The van der Waals surface area contributed by atoms with Crippen molar-refractivity contribution in [2.75, 3.05) is 13.2 Å². The summed E-state index contributed by atoms with van der Waals surface area (Å²) in [6.07, 6.45) is 3.18. The summed E-state index contributed by atoms with van der Waals surface area (Å²) >= 11 is 0. The first kappa shape index (κ1) is 15.5. The topological polar surface area (TPSA) is 67.6 Å². The average molecular weight is 269 g/mol. The van der Waals surface area contributed by atoms with Crippen LogP contribution in [0.25, 0.3) is 0 Å². The summed E-state index contributed by atoms with van der Waals surface area (Å²) in [6, 6.07) is 0. The average Bonchev–Trinajstić information content (AvgIpc) is 2.74. The van der Waals surface area contributed by atoms with Crippen molar-refractivity contribution in [1.82, 2.24) is 14.7 Å². The van der Waals surface area contributed by atoms with Gasteiger partial charge in [0.2, 0.25) is 0 Å². The molecular formula is C13H23N3O3. The molecule has 1 heterocycles. The van der Waals surface area contributed by atoms with Gasteiger partial charge in [0, 0.05) is 24.8 Å². The summed E-state index contributed by atoms with van der Waals surface area (Å²) in [6.45, 7) is 8.76. The molecule has 1 N–H and O–H groups in total. The molecule has 6 heteroatoms. The maximum absolute atomic E-state index is 12.0. The van der Waals surface area contributed by atoms with E-state index in [0.717, 1.165) is 12.1 Å². The predicted molar refractivity (Wildman–Crippen MR) is 71.6 cm³/mol. The SMILES string of the molecule is CCn1cc(CN(CCO)C(=O)OC(C)(C)C)cn1. The van der Waals surface area contributed by atoms with E-state index in [2.05, 4.69) is 5.10 Å². The third-order valence-corrected chi connectivity index (χ3v) is 2.41. The van der Waals surface area contributed by atoms with Crippen LogP contribution in [-0.4, -0.2) is 44.6 Å². The van der Waals surface area contributed by atoms with Gasteiger partial charge in [0.25, 0.3) is 0 Å². The molecule has 19 heavy (non-hydrogen) atoms. The van der Waals surface area contributed by atoms with Crippen LogP contribution in [0.3, 0.4) is 0 Å². The molecule has 0 unspecified atom stereocenters. The second-order valence-electron chi connectivity index (χ2n) is 5.33. The number of ether oxygens (including phenoxy) is 1. The second kappa shape index (κ2) is 6.56. The maximum Gasteiger partial charge on any atom is 0.410 e. The Labute approximate surface area is 114 Å². The Morgan fingerprint density at radius 3 is 2.68 bits per heavy atom. The molecule has 108 valence electrons. The van der Waals surface area contributed by atoms with Crippen molar-refractivity contribution >= 4 is 6.09 Å². The zero-order valence-corrected chi connectivity index (χ0v) is 12.1. The van der Waals surface area contributed by atoms with Gasteiger partial charge in [0.1, 0.15) is 5.60 Å². The molecule has 1 aromatic heterocycles. The molecular weight excluding hydrogens is 246 g/mol. The molecule has 1 amide bonds. The number of aliphatic hydroxyl groups excluding tert-OH is 1. The normalized spacial score (nSPS) is 11.4. The fraction of sp³-hybridized carbons (Fsp3) is 0.692. The van der Waals surface area contributed by atoms with Crippen LogP contribution in [0.4, 0.5) is 4.79 Å². The highest BCUT2D eigenvalue weighted by Crippen LogP contribution is 2.12. The molecule has 0 saturated carbocycles. The van der Waals surface area contributed by atoms with E-state index in [9.17, 15) is 4.79 Å². The van der Waals surface area contributed by atoms with Crippen LogP contribution in [0.15, 0.2) is 12.4 Å². The molecule has 0 aromatic carbocycles. The minimum atomic E-state index is -0.543. The van der Waals surface area contributed by atoms with Gasteiger partial charge in [0.15, 0.2) is 0 Å². The van der Waals surface area contributed by atoms with E-state index in [1.54, 1.807) is 10.9 Å². The van der Waals surface area contributed by atoms with Crippen LogP contribution in [0, 0.1) is 0 Å². The first-order chi connectivity index (χ1) is 8.85. The van der Waals surface area contributed by atoms with Crippen molar-refractivity contribution in [3.05, 3.63) is 18.0 Å². The number of hydrogen-bond donors (Lipinski definition) is 1. The molecule has 0 bridgehead atoms. The van der Waals surface area contributed by atoms with Crippen LogP contribution < -0.4 is 0 Å². The van der Waals surface area contributed by atoms with Crippen LogP contribution in [0.5, 0.6) is 0 Å². The highest BCUT2D eigenvalue weighted by Gasteiger charge is 2.22. The first-order valence-corrected chi connectivity index (χ1v) is 6.46. The maximum atomic E-state index is 12.0. The summed E-state index contributed by atoms with van der Waals surface area (Å²) in [7, 11) is 0. The molecule has 0 aliphatic heterocycles. The zero-order chi connectivity index (χ0) is 14.5. The number of carbonyl (C=O) groups is 1. The first-order valence-electron chi connectivity index (χ1n) is 6.46. The lowest BCUT2D eigenvalue weighted by atomic mass is 10.2. The number of aliphatic hydroxyl groups is 1. The lowest BCUT2D eigenvalue weighted by Crippen LogP contribution is -2.38. The Morgan fingerprint density at radius 1 is 1.53 bits per heavy atom. The van der Waals surface area contributed by atoms with E-state index in [-0.39, 0.29) is 13.2 Å². The molecule has 6 nitrogen and oxygen atoms in total. The van der Waals surface area contributed by atoms with Gasteiger partial charge in [-0.25, -0.2) is 4.79 Å². The standard InChI is InChI=1S/C13H23N3O3/c1-5-16-10-11(8-14-16)9-15(6-7-17)12(18)19-13(2,3)4/h8,10,17H,5-7,9H2,1-4H3. The predicted octanol–water partition coefficient (Wildman–Crippen LogP) is 1.63. The Balaban J connectivity index is 2.69. The van der Waals surface area contributed by atoms with Crippen molar-refractivity contribution in [1.29, 1.82) is 0 Å². The van der Waals surface area contributed by atoms with E-state index >= 15 is 0 Å². The van der Waals surface area contributed by atoms with Gasteiger partial charge in [-0.05, 0) is 27.7 Å². The zero-order valence-electron chi connectivity index (χ0n) is 12.1. The molecule has 0 atom stereocenters. The number of amides is 1. The van der Waals surface area contributed by atoms with Crippen molar-refractivity contribution in [3.8, 4) is 0 Å². The fourth-order valence-corrected chi connectivity index (χ4v) is 1.56. The molecule has 0 radical (unpaired) electrons. The Hall–Kier alpha value is -1.56. The van der Waals surface area contributed by atoms with Gasteiger partial charge in [-0.3, -0.25) is 4.68 Å². The van der Waals surface area contributed by atoms with Gasteiger partial charge in [-0.1, -0.05) is 0 Å². The summed E-state index contributed by atoms with van der Waals surface area (Å²) in [4.78, 5) is 13.5. The minimum absolute atomic E-state index is 0.0961. The van der Waals surface area contributed by atoms with Gasteiger partial charge in [-0.2, -0.15) is 5.10 Å². The molecule has 0 spiro atoms. The smallest absolute Gasteiger partial charge is 0.410 e. The number of carbonyl (C=O) groups excluding carboxylic acids is 1. The van der Waals surface area contributed by atoms with Crippen LogP contribution >= 0.6 is 0 Å². The Morgan fingerprint density at radius 2 is 2.21 bits per heavy atom. The summed E-state index contributed by atoms with van der Waals surface area (Å²) in [5, 5.41) is 13.2. The number of nitrogens with zero attached hydrogens (tertiary/aromatic N) is 3. The highest BCUT2D eigenvalue weighted by atomic mass is 16.6. The second-order valence-corrected chi connectivity index (χ2v) is 5.33. The van der Waals surface area contributed by atoms with Gasteiger partial charge in [-0.15, -0.1) is 0 Å². The van der Waals surface area contributed by atoms with Gasteiger partial charge >= 0.3 is 6.09 Å². The number of aromatic nitrogens is 2. The molecule has 0 saturated heterocycles. The Kier molecular flexibility index (Phi) is 5.35. The summed E-state index contributed by atoms with van der Waals surface area (Å²) in [5.41, 5.74) is 0.374. The third kappa shape index (κ3) is 5.30. The molecule has 0 aliphatic rings. The highest BCUT2D eigenvalue weighted by molar-refractivity contribution is 5.68. The lowest BCUT2D eigenvalue weighted by Gasteiger charge is -2.26. The van der Waals surface area contributed by atoms with Crippen LogP contribution in [0.1, 0.15) is 33.3 Å². The number of hydrogen-bond acceptors (Lipinski definition) is 4.